The van der Waals surface area contributed by atoms with E-state index in [4.69, 9.17) is 0 Å². The van der Waals surface area contributed by atoms with Gasteiger partial charge in [-0.2, -0.15) is 0 Å². The van der Waals surface area contributed by atoms with Crippen LogP contribution in [0.4, 0.5) is 0 Å². The molecule has 20 heavy (non-hydrogen) atoms. The molecule has 4 aliphatic rings. The van der Waals surface area contributed by atoms with Crippen molar-refractivity contribution in [2.45, 2.75) is 57.9 Å². The van der Waals surface area contributed by atoms with Crippen LogP contribution in [0.1, 0.15) is 51.9 Å². The Bertz CT molecular complexity index is 323. The molecule has 4 bridgehead atoms. The van der Waals surface area contributed by atoms with E-state index >= 15 is 0 Å². The summed E-state index contributed by atoms with van der Waals surface area (Å²) < 4.78 is 0. The molecule has 0 spiro atoms. The van der Waals surface area contributed by atoms with E-state index in [-0.39, 0.29) is 18.3 Å². The molecule has 0 aliphatic heterocycles. The van der Waals surface area contributed by atoms with Crippen LogP contribution in [0.2, 0.25) is 0 Å². The van der Waals surface area contributed by atoms with Crippen molar-refractivity contribution in [1.82, 2.24) is 10.6 Å². The molecule has 0 saturated heterocycles. The molecule has 4 heteroatoms. The number of rotatable bonds is 5. The molecular weight excluding hydrogens is 272 g/mol. The molecular formula is C16H29ClN2O. The predicted molar refractivity (Wildman–Crippen MR) is 84.0 cm³/mol. The van der Waals surface area contributed by atoms with Crippen LogP contribution >= 0.6 is 12.4 Å². The first-order valence-electron chi connectivity index (χ1n) is 8.05. The van der Waals surface area contributed by atoms with E-state index < -0.39 is 0 Å². The Hall–Kier alpha value is -0.280. The molecule has 4 saturated carbocycles. The van der Waals surface area contributed by atoms with Gasteiger partial charge in [-0.15, -0.1) is 12.4 Å². The largest absolute Gasteiger partial charge is 0.353 e. The number of amides is 1. The molecule has 116 valence electrons. The molecule has 0 heterocycles. The number of carbonyl (C=O) groups excluding carboxylic acids is 1. The minimum atomic E-state index is 0. The van der Waals surface area contributed by atoms with Crippen LogP contribution in [-0.4, -0.2) is 25.5 Å². The Morgan fingerprint density at radius 3 is 2.10 bits per heavy atom. The van der Waals surface area contributed by atoms with E-state index in [9.17, 15) is 4.79 Å². The van der Waals surface area contributed by atoms with Crippen molar-refractivity contribution in [2.75, 3.05) is 13.6 Å². The highest BCUT2D eigenvalue weighted by molar-refractivity contribution is 5.85. The van der Waals surface area contributed by atoms with Crippen molar-refractivity contribution in [3.8, 4) is 0 Å². The Morgan fingerprint density at radius 1 is 1.15 bits per heavy atom. The van der Waals surface area contributed by atoms with Crippen molar-refractivity contribution >= 4 is 18.3 Å². The second-order valence-electron chi connectivity index (χ2n) is 7.42. The van der Waals surface area contributed by atoms with E-state index in [1.54, 1.807) is 0 Å². The van der Waals surface area contributed by atoms with Crippen LogP contribution in [0.15, 0.2) is 0 Å². The normalized spacial score (nSPS) is 39.2. The molecule has 0 aromatic heterocycles. The summed E-state index contributed by atoms with van der Waals surface area (Å²) in [5, 5.41) is 6.34. The highest BCUT2D eigenvalue weighted by Gasteiger charge is 2.53. The monoisotopic (exact) mass is 300 g/mol. The van der Waals surface area contributed by atoms with Gasteiger partial charge < -0.3 is 10.6 Å². The van der Waals surface area contributed by atoms with E-state index in [0.717, 1.165) is 24.3 Å². The summed E-state index contributed by atoms with van der Waals surface area (Å²) in [6.07, 6.45) is 9.12. The summed E-state index contributed by atoms with van der Waals surface area (Å²) in [6, 6.07) is 0.366. The van der Waals surface area contributed by atoms with Gasteiger partial charge in [-0.3, -0.25) is 4.79 Å². The zero-order chi connectivity index (χ0) is 13.5. The van der Waals surface area contributed by atoms with Gasteiger partial charge in [0.2, 0.25) is 5.91 Å². The maximum absolute atomic E-state index is 12.0. The minimum absolute atomic E-state index is 0. The topological polar surface area (TPSA) is 41.1 Å². The summed E-state index contributed by atoms with van der Waals surface area (Å²) >= 11 is 0. The quantitative estimate of drug-likeness (QED) is 0.820. The lowest BCUT2D eigenvalue weighted by molar-refractivity contribution is -0.125. The average Bonchev–Trinajstić information content (AvgIpc) is 2.34. The standard InChI is InChI=1S/C16H28N2O.ClH/c1-11(18-15(19)3-4-17-2)16-8-12-5-13(9-16)7-14(6-12)10-16;/h11-14,17H,3-10H2,1-2H3,(H,18,19);1H. The third-order valence-corrected chi connectivity index (χ3v) is 5.98. The van der Waals surface area contributed by atoms with E-state index in [1.807, 2.05) is 7.05 Å². The predicted octanol–water partition coefficient (Wildman–Crippen LogP) is 2.74. The van der Waals surface area contributed by atoms with Crippen molar-refractivity contribution in [3.05, 3.63) is 0 Å². The fourth-order valence-electron chi connectivity index (χ4n) is 5.41. The average molecular weight is 301 g/mol. The number of hydrogen-bond donors (Lipinski definition) is 2. The van der Waals surface area contributed by atoms with Crippen molar-refractivity contribution in [3.63, 3.8) is 0 Å². The highest BCUT2D eigenvalue weighted by atomic mass is 35.5. The molecule has 0 aromatic carbocycles. The van der Waals surface area contributed by atoms with Gasteiger partial charge in [0.05, 0.1) is 0 Å². The van der Waals surface area contributed by atoms with Gasteiger partial charge in [0.15, 0.2) is 0 Å². The number of halogens is 1. The highest BCUT2D eigenvalue weighted by Crippen LogP contribution is 2.61. The molecule has 1 amide bonds. The molecule has 4 fully saturated rings. The van der Waals surface area contributed by atoms with E-state index in [0.29, 0.717) is 17.9 Å². The van der Waals surface area contributed by atoms with Gasteiger partial charge in [-0.1, -0.05) is 0 Å². The lowest BCUT2D eigenvalue weighted by Crippen LogP contribution is -2.55. The molecule has 3 nitrogen and oxygen atoms in total. The summed E-state index contributed by atoms with van der Waals surface area (Å²) in [5.74, 6) is 3.10. The molecule has 0 radical (unpaired) electrons. The SMILES string of the molecule is CNCCC(=O)NC(C)C12CC3CC(CC(C3)C1)C2.Cl. The molecule has 0 aromatic rings. The van der Waals surface area contributed by atoms with Gasteiger partial charge in [0, 0.05) is 19.0 Å². The molecule has 1 unspecified atom stereocenters. The third-order valence-electron chi connectivity index (χ3n) is 5.98. The van der Waals surface area contributed by atoms with Crippen LogP contribution in [0.5, 0.6) is 0 Å². The maximum atomic E-state index is 12.0. The summed E-state index contributed by atoms with van der Waals surface area (Å²) in [4.78, 5) is 12.0. The van der Waals surface area contributed by atoms with Gasteiger partial charge in [0.1, 0.15) is 0 Å². The second kappa shape index (κ2) is 6.23. The van der Waals surface area contributed by atoms with E-state index in [2.05, 4.69) is 17.6 Å². The first-order valence-corrected chi connectivity index (χ1v) is 8.05. The smallest absolute Gasteiger partial charge is 0.221 e. The second-order valence-corrected chi connectivity index (χ2v) is 7.42. The van der Waals surface area contributed by atoms with Crippen molar-refractivity contribution in [1.29, 1.82) is 0 Å². The Labute approximate surface area is 129 Å². The van der Waals surface area contributed by atoms with Gasteiger partial charge >= 0.3 is 0 Å². The van der Waals surface area contributed by atoms with Crippen LogP contribution in [0.25, 0.3) is 0 Å². The summed E-state index contributed by atoms with van der Waals surface area (Å²) in [6.45, 7) is 3.03. The molecule has 4 aliphatic carbocycles. The molecule has 1 atom stereocenters. The molecule has 2 N–H and O–H groups in total. The fraction of sp³-hybridized carbons (Fsp3) is 0.938. The lowest BCUT2D eigenvalue weighted by atomic mass is 9.48. The fourth-order valence-corrected chi connectivity index (χ4v) is 5.41. The molecule has 4 rings (SSSR count). The third kappa shape index (κ3) is 2.99. The van der Waals surface area contributed by atoms with Crippen LogP contribution in [0.3, 0.4) is 0 Å². The lowest BCUT2D eigenvalue weighted by Gasteiger charge is -2.59. The van der Waals surface area contributed by atoms with Gasteiger partial charge in [-0.05, 0) is 75.7 Å². The van der Waals surface area contributed by atoms with Crippen LogP contribution < -0.4 is 10.6 Å². The van der Waals surface area contributed by atoms with Gasteiger partial charge in [-0.25, -0.2) is 0 Å². The number of carbonyl (C=O) groups is 1. The Balaban J connectivity index is 0.00000147. The van der Waals surface area contributed by atoms with E-state index in [1.165, 1.54) is 38.5 Å². The first kappa shape index (κ1) is 16.1. The Morgan fingerprint density at radius 2 is 1.65 bits per heavy atom. The first-order chi connectivity index (χ1) is 9.11. The zero-order valence-corrected chi connectivity index (χ0v) is 13.6. The van der Waals surface area contributed by atoms with Gasteiger partial charge in [0.25, 0.3) is 0 Å². The maximum Gasteiger partial charge on any atom is 0.221 e. The zero-order valence-electron chi connectivity index (χ0n) is 12.8. The summed E-state index contributed by atoms with van der Waals surface area (Å²) in [5.41, 5.74) is 0.435. The number of hydrogen-bond acceptors (Lipinski definition) is 2. The summed E-state index contributed by atoms with van der Waals surface area (Å²) in [7, 11) is 1.90. The van der Waals surface area contributed by atoms with Crippen molar-refractivity contribution < 1.29 is 4.79 Å². The number of nitrogens with one attached hydrogen (secondary N) is 2. The minimum Gasteiger partial charge on any atom is -0.353 e. The van der Waals surface area contributed by atoms with Crippen LogP contribution in [0, 0.1) is 23.2 Å². The van der Waals surface area contributed by atoms with Crippen LogP contribution in [-0.2, 0) is 4.79 Å². The van der Waals surface area contributed by atoms with Crippen molar-refractivity contribution in [2.24, 2.45) is 23.2 Å². The Kier molecular flexibility index (Phi) is 5.01.